The van der Waals surface area contributed by atoms with E-state index in [9.17, 15) is 19.2 Å². The van der Waals surface area contributed by atoms with Crippen molar-refractivity contribution in [2.24, 2.45) is 23.7 Å². The zero-order chi connectivity index (χ0) is 23.3. The summed E-state index contributed by atoms with van der Waals surface area (Å²) >= 11 is 11.9. The van der Waals surface area contributed by atoms with Crippen LogP contribution >= 0.6 is 23.2 Å². The molecular weight excluding hydrogens is 467 g/mol. The molecule has 9 heteroatoms. The molecule has 4 atom stereocenters. The number of hydrogen-bond donors (Lipinski definition) is 1. The van der Waals surface area contributed by atoms with Gasteiger partial charge >= 0.3 is 5.97 Å². The average Bonchev–Trinajstić information content (AvgIpc) is 3.48. The van der Waals surface area contributed by atoms with Gasteiger partial charge in [0, 0.05) is 5.02 Å². The quantitative estimate of drug-likeness (QED) is 0.501. The number of carbonyl (C=O) groups is 4. The average molecular weight is 487 g/mol. The van der Waals surface area contributed by atoms with Gasteiger partial charge in [-0.05, 0) is 73.6 Å². The number of nitrogens with zero attached hydrogens (tertiary/aromatic N) is 1. The number of esters is 1. The third kappa shape index (κ3) is 3.89. The molecule has 170 valence electrons. The number of rotatable bonds is 5. The maximum atomic E-state index is 12.9. The van der Waals surface area contributed by atoms with Crippen LogP contribution in [0.15, 0.2) is 42.5 Å². The number of halogens is 2. The van der Waals surface area contributed by atoms with Gasteiger partial charge in [-0.3, -0.25) is 19.3 Å². The molecule has 0 spiro atoms. The molecule has 0 unspecified atom stereocenters. The van der Waals surface area contributed by atoms with E-state index in [1.54, 1.807) is 24.3 Å². The first kappa shape index (κ1) is 21.9. The molecule has 2 aromatic carbocycles. The molecule has 5 rings (SSSR count). The van der Waals surface area contributed by atoms with Crippen LogP contribution in [0.25, 0.3) is 0 Å². The molecule has 1 aliphatic heterocycles. The Balaban J connectivity index is 1.20. The predicted octanol–water partition coefficient (Wildman–Crippen LogP) is 4.32. The highest BCUT2D eigenvalue weighted by Crippen LogP contribution is 2.56. The summed E-state index contributed by atoms with van der Waals surface area (Å²) in [5, 5.41) is 3.24. The molecule has 2 saturated carbocycles. The van der Waals surface area contributed by atoms with Crippen molar-refractivity contribution >= 4 is 58.3 Å². The number of fused-ring (bicyclic) bond motifs is 5. The van der Waals surface area contributed by atoms with Crippen molar-refractivity contribution in [3.8, 4) is 0 Å². The molecule has 1 heterocycles. The maximum Gasteiger partial charge on any atom is 0.338 e. The van der Waals surface area contributed by atoms with Crippen LogP contribution in [0.5, 0.6) is 0 Å². The van der Waals surface area contributed by atoms with Crippen LogP contribution in [0, 0.1) is 23.7 Å². The molecule has 3 aliphatic rings. The minimum absolute atomic E-state index is 0.135. The first-order valence-electron chi connectivity index (χ1n) is 10.7. The molecule has 3 amide bonds. The van der Waals surface area contributed by atoms with Gasteiger partial charge < -0.3 is 10.1 Å². The van der Waals surface area contributed by atoms with E-state index in [4.69, 9.17) is 27.9 Å². The van der Waals surface area contributed by atoms with E-state index in [-0.39, 0.29) is 29.2 Å². The smallest absolute Gasteiger partial charge is 0.338 e. The summed E-state index contributed by atoms with van der Waals surface area (Å²) < 4.78 is 5.06. The molecule has 0 aromatic heterocycles. The molecule has 33 heavy (non-hydrogen) atoms. The van der Waals surface area contributed by atoms with Crippen LogP contribution in [0.3, 0.4) is 0 Å². The summed E-state index contributed by atoms with van der Waals surface area (Å²) in [6.45, 7) is -0.515. The van der Waals surface area contributed by atoms with Crippen molar-refractivity contribution in [2.75, 3.05) is 16.8 Å². The van der Waals surface area contributed by atoms with Crippen LogP contribution in [-0.4, -0.2) is 30.3 Å². The highest BCUT2D eigenvalue weighted by molar-refractivity contribution is 6.35. The van der Waals surface area contributed by atoms with Gasteiger partial charge in [0.15, 0.2) is 6.61 Å². The lowest BCUT2D eigenvalue weighted by atomic mass is 9.81. The fraction of sp³-hybridized carbons (Fsp3) is 0.333. The standard InChI is InChI=1S/C24H20Cl2N2O5/c25-15-5-8-17(26)18(10-15)27-19(29)11-33-24(32)12-3-6-16(7-4-12)28-22(30)20-13-1-2-14(9-13)21(20)23(28)31/h3-8,10,13-14,20-21H,1-2,9,11H2,(H,27,29)/t13-,14-,20-,21+/m0/s1. The van der Waals surface area contributed by atoms with Crippen molar-refractivity contribution in [1.29, 1.82) is 0 Å². The summed E-state index contributed by atoms with van der Waals surface area (Å²) in [4.78, 5) is 51.6. The van der Waals surface area contributed by atoms with Crippen molar-refractivity contribution in [1.82, 2.24) is 0 Å². The number of ether oxygens (including phenoxy) is 1. The number of anilines is 2. The molecule has 3 fully saturated rings. The minimum Gasteiger partial charge on any atom is -0.452 e. The monoisotopic (exact) mass is 486 g/mol. The Labute approximate surface area is 200 Å². The van der Waals surface area contributed by atoms with Crippen molar-refractivity contribution < 1.29 is 23.9 Å². The van der Waals surface area contributed by atoms with E-state index in [0.29, 0.717) is 33.3 Å². The van der Waals surface area contributed by atoms with E-state index in [1.807, 2.05) is 0 Å². The lowest BCUT2D eigenvalue weighted by Crippen LogP contribution is -2.32. The van der Waals surface area contributed by atoms with Gasteiger partial charge in [-0.1, -0.05) is 23.2 Å². The van der Waals surface area contributed by atoms with Gasteiger partial charge in [0.05, 0.1) is 33.8 Å². The predicted molar refractivity (Wildman–Crippen MR) is 122 cm³/mol. The molecule has 7 nitrogen and oxygen atoms in total. The Kier molecular flexibility index (Phi) is 5.62. The second-order valence-corrected chi connectivity index (χ2v) is 9.54. The number of amides is 3. The summed E-state index contributed by atoms with van der Waals surface area (Å²) in [6, 6.07) is 10.7. The Morgan fingerprint density at radius 2 is 1.61 bits per heavy atom. The van der Waals surface area contributed by atoms with Crippen LogP contribution in [0.4, 0.5) is 11.4 Å². The van der Waals surface area contributed by atoms with Crippen LogP contribution in [0.2, 0.25) is 10.0 Å². The second kappa shape index (κ2) is 8.47. The largest absolute Gasteiger partial charge is 0.452 e. The van der Waals surface area contributed by atoms with Gasteiger partial charge in [-0.15, -0.1) is 0 Å². The molecule has 2 aromatic rings. The number of imide groups is 1. The Morgan fingerprint density at radius 1 is 0.970 bits per heavy atom. The zero-order valence-corrected chi connectivity index (χ0v) is 18.9. The molecule has 2 aliphatic carbocycles. The van der Waals surface area contributed by atoms with Gasteiger partial charge in [0.2, 0.25) is 11.8 Å². The molecule has 1 N–H and O–H groups in total. The van der Waals surface area contributed by atoms with Gasteiger partial charge in [0.1, 0.15) is 0 Å². The fourth-order valence-corrected chi connectivity index (χ4v) is 5.74. The SMILES string of the molecule is O=C(COC(=O)c1ccc(N2C(=O)[C@@H]3[C@H]4CC[C@@H](C4)[C@@H]3C2=O)cc1)Nc1cc(Cl)ccc1Cl. The lowest BCUT2D eigenvalue weighted by molar-refractivity contribution is -0.123. The van der Waals surface area contributed by atoms with E-state index in [1.165, 1.54) is 23.1 Å². The van der Waals surface area contributed by atoms with Crippen molar-refractivity contribution in [3.05, 3.63) is 58.1 Å². The first-order valence-corrected chi connectivity index (χ1v) is 11.5. The van der Waals surface area contributed by atoms with Crippen LogP contribution in [-0.2, 0) is 19.1 Å². The third-order valence-corrected chi connectivity index (χ3v) is 7.39. The summed E-state index contributed by atoms with van der Waals surface area (Å²) in [7, 11) is 0. The molecular formula is C24H20Cl2N2O5. The first-order chi connectivity index (χ1) is 15.8. The summed E-state index contributed by atoms with van der Waals surface area (Å²) in [6.07, 6.45) is 3.00. The van der Waals surface area contributed by atoms with E-state index < -0.39 is 18.5 Å². The van der Waals surface area contributed by atoms with E-state index >= 15 is 0 Å². The number of hydrogen-bond acceptors (Lipinski definition) is 5. The fourth-order valence-electron chi connectivity index (χ4n) is 5.40. The number of benzene rings is 2. The van der Waals surface area contributed by atoms with Gasteiger partial charge in [0.25, 0.3) is 5.91 Å². The minimum atomic E-state index is -0.706. The third-order valence-electron chi connectivity index (χ3n) is 6.83. The summed E-state index contributed by atoms with van der Waals surface area (Å²) in [5.41, 5.74) is 0.961. The normalized spacial score (nSPS) is 25.3. The molecule has 1 saturated heterocycles. The van der Waals surface area contributed by atoms with Crippen molar-refractivity contribution in [3.63, 3.8) is 0 Å². The number of carbonyl (C=O) groups excluding carboxylic acids is 4. The Bertz CT molecular complexity index is 1140. The van der Waals surface area contributed by atoms with Gasteiger partial charge in [-0.2, -0.15) is 0 Å². The van der Waals surface area contributed by atoms with E-state index in [2.05, 4.69) is 5.32 Å². The number of nitrogens with one attached hydrogen (secondary N) is 1. The highest BCUT2D eigenvalue weighted by atomic mass is 35.5. The van der Waals surface area contributed by atoms with Gasteiger partial charge in [-0.25, -0.2) is 4.79 Å². The highest BCUT2D eigenvalue weighted by Gasteiger charge is 2.61. The Morgan fingerprint density at radius 3 is 2.24 bits per heavy atom. The second-order valence-electron chi connectivity index (χ2n) is 8.69. The molecule has 2 bridgehead atoms. The van der Waals surface area contributed by atoms with Crippen LogP contribution in [0.1, 0.15) is 29.6 Å². The van der Waals surface area contributed by atoms with Crippen LogP contribution < -0.4 is 10.2 Å². The Hall–Kier alpha value is -2.90. The molecule has 0 radical (unpaired) electrons. The topological polar surface area (TPSA) is 92.8 Å². The van der Waals surface area contributed by atoms with E-state index in [0.717, 1.165) is 19.3 Å². The zero-order valence-electron chi connectivity index (χ0n) is 17.4. The lowest BCUT2D eigenvalue weighted by Gasteiger charge is -2.19. The van der Waals surface area contributed by atoms with Crippen molar-refractivity contribution in [2.45, 2.75) is 19.3 Å². The summed E-state index contributed by atoms with van der Waals surface area (Å²) in [5.74, 6) is -1.33. The maximum absolute atomic E-state index is 12.9.